The highest BCUT2D eigenvalue weighted by Crippen LogP contribution is 2.12. The van der Waals surface area contributed by atoms with Crippen molar-refractivity contribution in [3.8, 4) is 0 Å². The lowest BCUT2D eigenvalue weighted by molar-refractivity contribution is 0.318. The van der Waals surface area contributed by atoms with E-state index in [-0.39, 0.29) is 11.9 Å². The second-order valence-electron chi connectivity index (χ2n) is 4.57. The van der Waals surface area contributed by atoms with Gasteiger partial charge in [0.2, 0.25) is 0 Å². The standard InChI is InChI=1S/C15H18N4O/c1-11(14-6-3-7-17-10-14)18-9-12-4-2-5-13(8-12)15(16)19-20/h2-8,10-11,18,20H,9H2,1H3,(H2,16,19)/t11-/m1/s1. The van der Waals surface area contributed by atoms with Crippen LogP contribution >= 0.6 is 0 Å². The highest BCUT2D eigenvalue weighted by Gasteiger charge is 2.05. The number of aromatic nitrogens is 1. The van der Waals surface area contributed by atoms with Crippen molar-refractivity contribution in [3.63, 3.8) is 0 Å². The maximum Gasteiger partial charge on any atom is 0.170 e. The molecule has 104 valence electrons. The second-order valence-corrected chi connectivity index (χ2v) is 4.57. The zero-order valence-electron chi connectivity index (χ0n) is 11.3. The Morgan fingerprint density at radius 3 is 2.95 bits per heavy atom. The van der Waals surface area contributed by atoms with Gasteiger partial charge in [0.15, 0.2) is 5.84 Å². The van der Waals surface area contributed by atoms with Crippen LogP contribution in [0.3, 0.4) is 0 Å². The van der Waals surface area contributed by atoms with E-state index in [9.17, 15) is 0 Å². The Bertz CT molecular complexity index is 583. The zero-order valence-corrected chi connectivity index (χ0v) is 11.3. The predicted octanol–water partition coefficient (Wildman–Crippen LogP) is 2.03. The van der Waals surface area contributed by atoms with Crippen LogP contribution in [0.5, 0.6) is 0 Å². The number of pyridine rings is 1. The van der Waals surface area contributed by atoms with E-state index in [1.54, 1.807) is 6.20 Å². The third-order valence-corrected chi connectivity index (χ3v) is 3.13. The Kier molecular flexibility index (Phi) is 4.68. The van der Waals surface area contributed by atoms with Crippen molar-refractivity contribution in [1.82, 2.24) is 10.3 Å². The molecular formula is C15H18N4O. The van der Waals surface area contributed by atoms with Crippen molar-refractivity contribution in [2.24, 2.45) is 10.9 Å². The SMILES string of the molecule is C[C@@H](NCc1cccc(/C(N)=N/O)c1)c1cccnc1. The van der Waals surface area contributed by atoms with Gasteiger partial charge in [0.25, 0.3) is 0 Å². The number of hydrogen-bond acceptors (Lipinski definition) is 4. The van der Waals surface area contributed by atoms with Crippen LogP contribution < -0.4 is 11.1 Å². The van der Waals surface area contributed by atoms with E-state index in [0.29, 0.717) is 12.1 Å². The molecule has 0 saturated heterocycles. The minimum absolute atomic E-state index is 0.118. The average molecular weight is 270 g/mol. The van der Waals surface area contributed by atoms with Crippen LogP contribution in [0, 0.1) is 0 Å². The minimum Gasteiger partial charge on any atom is -0.409 e. The van der Waals surface area contributed by atoms with Gasteiger partial charge in [0.05, 0.1) is 0 Å². The molecule has 0 aliphatic carbocycles. The number of oxime groups is 1. The van der Waals surface area contributed by atoms with E-state index in [2.05, 4.69) is 22.4 Å². The summed E-state index contributed by atoms with van der Waals surface area (Å²) in [7, 11) is 0. The Morgan fingerprint density at radius 2 is 2.25 bits per heavy atom. The van der Waals surface area contributed by atoms with Gasteiger partial charge < -0.3 is 16.3 Å². The summed E-state index contributed by atoms with van der Waals surface area (Å²) in [6.07, 6.45) is 3.61. The van der Waals surface area contributed by atoms with E-state index in [1.165, 1.54) is 0 Å². The third kappa shape index (κ3) is 3.55. The van der Waals surface area contributed by atoms with E-state index in [1.807, 2.05) is 42.6 Å². The normalized spacial score (nSPS) is 13.2. The third-order valence-electron chi connectivity index (χ3n) is 3.13. The molecule has 0 radical (unpaired) electrons. The molecule has 1 aromatic heterocycles. The van der Waals surface area contributed by atoms with Crippen LogP contribution in [0.2, 0.25) is 0 Å². The fourth-order valence-electron chi connectivity index (χ4n) is 1.92. The second kappa shape index (κ2) is 6.68. The Morgan fingerprint density at radius 1 is 1.40 bits per heavy atom. The van der Waals surface area contributed by atoms with Gasteiger partial charge in [-0.1, -0.05) is 29.4 Å². The fraction of sp³-hybridized carbons (Fsp3) is 0.200. The number of nitrogens with one attached hydrogen (secondary N) is 1. The minimum atomic E-state index is 0.118. The van der Waals surface area contributed by atoms with Crippen molar-refractivity contribution >= 4 is 5.84 Å². The van der Waals surface area contributed by atoms with E-state index in [4.69, 9.17) is 10.9 Å². The quantitative estimate of drug-likeness (QED) is 0.336. The van der Waals surface area contributed by atoms with Gasteiger partial charge >= 0.3 is 0 Å². The van der Waals surface area contributed by atoms with Crippen molar-refractivity contribution in [1.29, 1.82) is 0 Å². The van der Waals surface area contributed by atoms with Gasteiger partial charge in [-0.3, -0.25) is 4.98 Å². The molecule has 5 nitrogen and oxygen atoms in total. The van der Waals surface area contributed by atoms with Crippen LogP contribution in [-0.4, -0.2) is 16.0 Å². The highest BCUT2D eigenvalue weighted by atomic mass is 16.4. The summed E-state index contributed by atoms with van der Waals surface area (Å²) in [5.74, 6) is 0.118. The topological polar surface area (TPSA) is 83.5 Å². The van der Waals surface area contributed by atoms with Gasteiger partial charge in [-0.2, -0.15) is 0 Å². The molecular weight excluding hydrogens is 252 g/mol. The molecule has 1 heterocycles. The largest absolute Gasteiger partial charge is 0.409 e. The molecule has 0 aliphatic heterocycles. The number of nitrogens with two attached hydrogens (primary N) is 1. The van der Waals surface area contributed by atoms with Crippen LogP contribution in [-0.2, 0) is 6.54 Å². The molecule has 20 heavy (non-hydrogen) atoms. The first-order valence-electron chi connectivity index (χ1n) is 6.41. The van der Waals surface area contributed by atoms with Crippen LogP contribution in [0.25, 0.3) is 0 Å². The first kappa shape index (κ1) is 14.0. The smallest absolute Gasteiger partial charge is 0.170 e. The number of amidine groups is 1. The lowest BCUT2D eigenvalue weighted by Crippen LogP contribution is -2.19. The molecule has 5 heteroatoms. The van der Waals surface area contributed by atoms with Crippen molar-refractivity contribution in [2.75, 3.05) is 0 Å². The summed E-state index contributed by atoms with van der Waals surface area (Å²) in [5.41, 5.74) is 8.50. The van der Waals surface area contributed by atoms with Crippen LogP contribution in [0.1, 0.15) is 29.7 Å². The molecule has 4 N–H and O–H groups in total. The van der Waals surface area contributed by atoms with Crippen molar-refractivity contribution in [2.45, 2.75) is 19.5 Å². The number of benzene rings is 1. The molecule has 0 spiro atoms. The van der Waals surface area contributed by atoms with Gasteiger partial charge in [0, 0.05) is 30.5 Å². The lowest BCUT2D eigenvalue weighted by atomic mass is 10.1. The molecule has 0 unspecified atom stereocenters. The number of hydrogen-bond donors (Lipinski definition) is 3. The average Bonchev–Trinajstić information content (AvgIpc) is 2.53. The zero-order chi connectivity index (χ0) is 14.4. The molecule has 1 atom stereocenters. The van der Waals surface area contributed by atoms with Crippen molar-refractivity contribution in [3.05, 3.63) is 65.5 Å². The molecule has 0 aliphatic rings. The van der Waals surface area contributed by atoms with Gasteiger partial charge in [-0.05, 0) is 30.2 Å². The number of nitrogens with zero attached hydrogens (tertiary/aromatic N) is 2. The maximum atomic E-state index is 8.69. The fourth-order valence-corrected chi connectivity index (χ4v) is 1.92. The van der Waals surface area contributed by atoms with Gasteiger partial charge in [-0.25, -0.2) is 0 Å². The van der Waals surface area contributed by atoms with Gasteiger partial charge in [0.1, 0.15) is 0 Å². The summed E-state index contributed by atoms with van der Waals surface area (Å²) in [6.45, 7) is 2.78. The van der Waals surface area contributed by atoms with E-state index in [0.717, 1.165) is 11.1 Å². The van der Waals surface area contributed by atoms with Crippen LogP contribution in [0.4, 0.5) is 0 Å². The van der Waals surface area contributed by atoms with Crippen molar-refractivity contribution < 1.29 is 5.21 Å². The van der Waals surface area contributed by atoms with Gasteiger partial charge in [-0.15, -0.1) is 0 Å². The summed E-state index contributed by atoms with van der Waals surface area (Å²) in [6, 6.07) is 11.8. The molecule has 0 fully saturated rings. The predicted molar refractivity (Wildman–Crippen MR) is 78.4 cm³/mol. The number of rotatable bonds is 5. The summed E-state index contributed by atoms with van der Waals surface area (Å²) in [4.78, 5) is 4.11. The summed E-state index contributed by atoms with van der Waals surface area (Å²) in [5, 5.41) is 15.1. The monoisotopic (exact) mass is 270 g/mol. The molecule has 0 bridgehead atoms. The molecule has 0 amide bonds. The van der Waals surface area contributed by atoms with Crippen LogP contribution in [0.15, 0.2) is 53.9 Å². The molecule has 0 saturated carbocycles. The highest BCUT2D eigenvalue weighted by molar-refractivity contribution is 5.97. The summed E-state index contributed by atoms with van der Waals surface area (Å²) >= 11 is 0. The summed E-state index contributed by atoms with van der Waals surface area (Å²) < 4.78 is 0. The van der Waals surface area contributed by atoms with E-state index >= 15 is 0 Å². The molecule has 2 rings (SSSR count). The Labute approximate surface area is 118 Å². The Balaban J connectivity index is 2.01. The maximum absolute atomic E-state index is 8.69. The lowest BCUT2D eigenvalue weighted by Gasteiger charge is -2.14. The molecule has 1 aromatic carbocycles. The first-order chi connectivity index (χ1) is 9.70. The Hall–Kier alpha value is -2.40. The molecule has 2 aromatic rings. The van der Waals surface area contributed by atoms with E-state index < -0.39 is 0 Å². The first-order valence-corrected chi connectivity index (χ1v) is 6.41.